The van der Waals surface area contributed by atoms with Gasteiger partial charge in [-0.25, -0.2) is 0 Å². The van der Waals surface area contributed by atoms with Gasteiger partial charge in [-0.05, 0) is 40.3 Å². The summed E-state index contributed by atoms with van der Waals surface area (Å²) in [5.41, 5.74) is 3.10. The van der Waals surface area contributed by atoms with Crippen LogP contribution >= 0.6 is 0 Å². The summed E-state index contributed by atoms with van der Waals surface area (Å²) >= 11 is 0. The number of carbonyl (C=O) groups is 2. The average Bonchev–Trinajstić information content (AvgIpc) is 3.08. The number of methoxy groups -OCH3 is 1. The van der Waals surface area contributed by atoms with Crippen molar-refractivity contribution in [3.05, 3.63) is 101 Å². The van der Waals surface area contributed by atoms with Crippen molar-refractivity contribution in [2.45, 2.75) is 38.8 Å². The van der Waals surface area contributed by atoms with E-state index >= 15 is 0 Å². The van der Waals surface area contributed by atoms with Crippen LogP contribution in [0.2, 0.25) is 0 Å². The number of benzene rings is 2. The SMILES string of the molecule is COc1cccc(C(O)=C2C(=O)C(=O)N(Cc3cccnc3)[C@H]2c2ccc(C(C)(C)C)cc2)c1. The Kier molecular flexibility index (Phi) is 6.24. The summed E-state index contributed by atoms with van der Waals surface area (Å²) in [7, 11) is 1.53. The van der Waals surface area contributed by atoms with Gasteiger partial charge in [-0.2, -0.15) is 0 Å². The smallest absolute Gasteiger partial charge is 0.295 e. The van der Waals surface area contributed by atoms with E-state index in [1.807, 2.05) is 30.3 Å². The maximum atomic E-state index is 13.2. The molecule has 4 rings (SSSR count). The summed E-state index contributed by atoms with van der Waals surface area (Å²) in [6.07, 6.45) is 3.32. The lowest BCUT2D eigenvalue weighted by Crippen LogP contribution is -2.29. The number of ether oxygens (including phenoxy) is 1. The Balaban J connectivity index is 1.86. The van der Waals surface area contributed by atoms with E-state index in [0.717, 1.165) is 16.7 Å². The molecule has 1 atom stereocenters. The lowest BCUT2D eigenvalue weighted by molar-refractivity contribution is -0.140. The molecule has 1 aromatic heterocycles. The molecule has 1 amide bonds. The molecule has 1 aliphatic rings. The molecule has 174 valence electrons. The van der Waals surface area contributed by atoms with E-state index in [-0.39, 0.29) is 23.3 Å². The number of likely N-dealkylation sites (tertiary alicyclic amines) is 1. The van der Waals surface area contributed by atoms with Crippen LogP contribution in [0.3, 0.4) is 0 Å². The Morgan fingerprint density at radius 1 is 1.06 bits per heavy atom. The second kappa shape index (κ2) is 9.14. The highest BCUT2D eigenvalue weighted by atomic mass is 16.5. The standard InChI is InChI=1S/C28H28N2O4/c1-28(2,3)21-12-10-19(11-13-21)24-23(25(31)20-8-5-9-22(15-20)34-4)26(32)27(33)30(24)17-18-7-6-14-29-16-18/h5-16,24,31H,17H2,1-4H3/t24-/m0/s1. The number of Topliss-reactive ketones (excluding diaryl/α,β-unsaturated/α-hetero) is 1. The lowest BCUT2D eigenvalue weighted by atomic mass is 9.85. The Labute approximate surface area is 199 Å². The Hall–Kier alpha value is -3.93. The topological polar surface area (TPSA) is 79.7 Å². The number of rotatable bonds is 5. The zero-order valence-corrected chi connectivity index (χ0v) is 19.8. The molecular formula is C28H28N2O4. The van der Waals surface area contributed by atoms with Gasteiger partial charge in [0.05, 0.1) is 18.7 Å². The highest BCUT2D eigenvalue weighted by molar-refractivity contribution is 6.46. The van der Waals surface area contributed by atoms with Gasteiger partial charge in [0.25, 0.3) is 11.7 Å². The van der Waals surface area contributed by atoms with E-state index in [1.54, 1.807) is 42.7 Å². The molecule has 3 aromatic rings. The Bertz CT molecular complexity index is 1240. The minimum atomic E-state index is -0.736. The molecule has 0 saturated carbocycles. The molecule has 0 bridgehead atoms. The maximum absolute atomic E-state index is 13.2. The van der Waals surface area contributed by atoms with Crippen LogP contribution in [0.5, 0.6) is 5.75 Å². The molecule has 6 nitrogen and oxygen atoms in total. The molecule has 0 spiro atoms. The number of aromatic nitrogens is 1. The predicted molar refractivity (Wildman–Crippen MR) is 130 cm³/mol. The number of amides is 1. The molecule has 0 unspecified atom stereocenters. The average molecular weight is 457 g/mol. The molecule has 2 heterocycles. The molecule has 1 saturated heterocycles. The van der Waals surface area contributed by atoms with Crippen LogP contribution in [-0.2, 0) is 21.5 Å². The van der Waals surface area contributed by atoms with Crippen molar-refractivity contribution in [2.24, 2.45) is 0 Å². The quantitative estimate of drug-likeness (QED) is 0.332. The summed E-state index contributed by atoms with van der Waals surface area (Å²) < 4.78 is 5.27. The third-order valence-corrected chi connectivity index (χ3v) is 6.05. The summed E-state index contributed by atoms with van der Waals surface area (Å²) in [6, 6.07) is 17.6. The first-order valence-electron chi connectivity index (χ1n) is 11.1. The minimum Gasteiger partial charge on any atom is -0.507 e. The van der Waals surface area contributed by atoms with Crippen LogP contribution in [0.15, 0.2) is 78.6 Å². The second-order valence-corrected chi connectivity index (χ2v) is 9.39. The fraction of sp³-hybridized carbons (Fsp3) is 0.250. The molecule has 1 fully saturated rings. The highest BCUT2D eigenvalue weighted by Crippen LogP contribution is 2.41. The Morgan fingerprint density at radius 3 is 2.41 bits per heavy atom. The second-order valence-electron chi connectivity index (χ2n) is 9.39. The van der Waals surface area contributed by atoms with Crippen molar-refractivity contribution in [1.82, 2.24) is 9.88 Å². The molecule has 0 radical (unpaired) electrons. The van der Waals surface area contributed by atoms with Crippen LogP contribution in [0.4, 0.5) is 0 Å². The summed E-state index contributed by atoms with van der Waals surface area (Å²) in [5.74, 6) is -1.05. The third-order valence-electron chi connectivity index (χ3n) is 6.05. The highest BCUT2D eigenvalue weighted by Gasteiger charge is 2.46. The molecule has 2 aromatic carbocycles. The van der Waals surface area contributed by atoms with Crippen molar-refractivity contribution < 1.29 is 19.4 Å². The number of aliphatic hydroxyl groups is 1. The van der Waals surface area contributed by atoms with Crippen LogP contribution in [0.25, 0.3) is 5.76 Å². The van der Waals surface area contributed by atoms with Crippen LogP contribution < -0.4 is 4.74 Å². The molecular weight excluding hydrogens is 428 g/mol. The van der Waals surface area contributed by atoms with Crippen molar-refractivity contribution in [2.75, 3.05) is 7.11 Å². The van der Waals surface area contributed by atoms with Gasteiger partial charge in [-0.15, -0.1) is 0 Å². The normalized spacial score (nSPS) is 17.8. The van der Waals surface area contributed by atoms with Crippen LogP contribution in [0, 0.1) is 0 Å². The van der Waals surface area contributed by atoms with Gasteiger partial charge in [-0.1, -0.05) is 63.2 Å². The first-order chi connectivity index (χ1) is 16.2. The lowest BCUT2D eigenvalue weighted by Gasteiger charge is -2.26. The molecule has 6 heteroatoms. The predicted octanol–water partition coefficient (Wildman–Crippen LogP) is 5.01. The molecule has 1 N–H and O–H groups in total. The fourth-order valence-corrected chi connectivity index (χ4v) is 4.17. The maximum Gasteiger partial charge on any atom is 0.295 e. The molecule has 0 aliphatic carbocycles. The van der Waals surface area contributed by atoms with Gasteiger partial charge in [-0.3, -0.25) is 14.6 Å². The number of hydrogen-bond donors (Lipinski definition) is 1. The zero-order valence-electron chi connectivity index (χ0n) is 19.8. The van der Waals surface area contributed by atoms with E-state index in [9.17, 15) is 14.7 Å². The monoisotopic (exact) mass is 456 g/mol. The third kappa shape index (κ3) is 4.44. The van der Waals surface area contributed by atoms with Crippen molar-refractivity contribution in [3.63, 3.8) is 0 Å². The molecule has 1 aliphatic heterocycles. The van der Waals surface area contributed by atoms with Crippen molar-refractivity contribution in [1.29, 1.82) is 0 Å². The number of pyridine rings is 1. The molecule has 34 heavy (non-hydrogen) atoms. The minimum absolute atomic E-state index is 0.0450. The van der Waals surface area contributed by atoms with Gasteiger partial charge >= 0.3 is 0 Å². The van der Waals surface area contributed by atoms with E-state index < -0.39 is 17.7 Å². The van der Waals surface area contributed by atoms with Gasteiger partial charge < -0.3 is 14.7 Å². The largest absolute Gasteiger partial charge is 0.507 e. The van der Waals surface area contributed by atoms with Crippen LogP contribution in [0.1, 0.15) is 49.1 Å². The summed E-state index contributed by atoms with van der Waals surface area (Å²) in [5, 5.41) is 11.2. The van der Waals surface area contributed by atoms with E-state index in [0.29, 0.717) is 11.3 Å². The Morgan fingerprint density at radius 2 is 1.79 bits per heavy atom. The van der Waals surface area contributed by atoms with E-state index in [2.05, 4.69) is 25.8 Å². The van der Waals surface area contributed by atoms with Gasteiger partial charge in [0.2, 0.25) is 0 Å². The summed E-state index contributed by atoms with van der Waals surface area (Å²) in [4.78, 5) is 32.0. The number of carbonyl (C=O) groups excluding carboxylic acids is 2. The fourth-order valence-electron chi connectivity index (χ4n) is 4.17. The first kappa shape index (κ1) is 23.2. The van der Waals surface area contributed by atoms with E-state index in [4.69, 9.17) is 4.74 Å². The zero-order chi connectivity index (χ0) is 24.5. The van der Waals surface area contributed by atoms with Gasteiger partial charge in [0.15, 0.2) is 0 Å². The van der Waals surface area contributed by atoms with Crippen molar-refractivity contribution in [3.8, 4) is 5.75 Å². The van der Waals surface area contributed by atoms with Crippen molar-refractivity contribution >= 4 is 17.4 Å². The number of ketones is 1. The van der Waals surface area contributed by atoms with Crippen LogP contribution in [-0.4, -0.2) is 33.8 Å². The van der Waals surface area contributed by atoms with Gasteiger partial charge in [0, 0.05) is 24.5 Å². The summed E-state index contributed by atoms with van der Waals surface area (Å²) in [6.45, 7) is 6.57. The van der Waals surface area contributed by atoms with Gasteiger partial charge in [0.1, 0.15) is 11.5 Å². The first-order valence-corrected chi connectivity index (χ1v) is 11.1. The van der Waals surface area contributed by atoms with E-state index in [1.165, 1.54) is 12.0 Å². The number of nitrogens with zero attached hydrogens (tertiary/aromatic N) is 2. The number of aliphatic hydroxyl groups excluding tert-OH is 1. The number of hydrogen-bond acceptors (Lipinski definition) is 5.